The highest BCUT2D eigenvalue weighted by Crippen LogP contribution is 2.32. The van der Waals surface area contributed by atoms with Crippen molar-refractivity contribution in [1.82, 2.24) is 14.8 Å². The third-order valence-electron chi connectivity index (χ3n) is 6.42. The molecule has 0 bridgehead atoms. The molecule has 1 saturated heterocycles. The van der Waals surface area contributed by atoms with Crippen molar-refractivity contribution in [3.63, 3.8) is 0 Å². The summed E-state index contributed by atoms with van der Waals surface area (Å²) >= 11 is 6.91. The van der Waals surface area contributed by atoms with E-state index in [-0.39, 0.29) is 5.91 Å². The van der Waals surface area contributed by atoms with E-state index in [1.54, 1.807) is 12.0 Å². The van der Waals surface area contributed by atoms with E-state index >= 15 is 0 Å². The molecule has 0 spiro atoms. The zero-order valence-electron chi connectivity index (χ0n) is 22.1. The van der Waals surface area contributed by atoms with E-state index in [2.05, 4.69) is 15.1 Å². The first-order valence-electron chi connectivity index (χ1n) is 12.5. The molecule has 2 heterocycles. The Morgan fingerprint density at radius 1 is 1.10 bits per heavy atom. The van der Waals surface area contributed by atoms with Crippen LogP contribution in [0.15, 0.2) is 78.0 Å². The molecule has 0 saturated carbocycles. The SMILES string of the molecule is COc1ccc(N2C(=O)CSC2=NC(=S)CCc2ccc(-c3ncn(-c4ccc(C(F)(F)F)cc4)n3)cc2)c(C)c1. The number of nitrogens with zero attached hydrogens (tertiary/aromatic N) is 5. The normalized spacial score (nSPS) is 14.6. The van der Waals surface area contributed by atoms with Gasteiger partial charge in [-0.05, 0) is 66.9 Å². The number of alkyl halides is 3. The van der Waals surface area contributed by atoms with Crippen LogP contribution in [0.2, 0.25) is 0 Å². The fraction of sp³-hybridized carbons (Fsp3) is 0.207. The molecule has 0 N–H and O–H groups in total. The Kier molecular flexibility index (Phi) is 8.22. The van der Waals surface area contributed by atoms with Crippen molar-refractivity contribution in [3.05, 3.63) is 89.7 Å². The van der Waals surface area contributed by atoms with Gasteiger partial charge in [-0.1, -0.05) is 48.2 Å². The lowest BCUT2D eigenvalue weighted by atomic mass is 10.1. The topological polar surface area (TPSA) is 72.6 Å². The van der Waals surface area contributed by atoms with Gasteiger partial charge in [0.1, 0.15) is 17.1 Å². The van der Waals surface area contributed by atoms with Crippen LogP contribution in [0.1, 0.15) is 23.1 Å². The number of aryl methyl sites for hydroxylation is 2. The maximum absolute atomic E-state index is 12.8. The number of hydrogen-bond donors (Lipinski definition) is 0. The van der Waals surface area contributed by atoms with Crippen LogP contribution in [-0.2, 0) is 17.4 Å². The molecule has 1 aromatic heterocycles. The molecular formula is C29H24F3N5O2S2. The van der Waals surface area contributed by atoms with Crippen LogP contribution >= 0.6 is 24.0 Å². The van der Waals surface area contributed by atoms with Crippen molar-refractivity contribution in [1.29, 1.82) is 0 Å². The van der Waals surface area contributed by atoms with Crippen molar-refractivity contribution in [2.45, 2.75) is 25.9 Å². The number of methoxy groups -OCH3 is 1. The second-order valence-electron chi connectivity index (χ2n) is 9.21. The smallest absolute Gasteiger partial charge is 0.416 e. The standard InChI is InChI=1S/C29H24F3N5O2S2/c1-18-15-23(39-2)12-13-24(18)37-26(38)16-41-28(37)34-25(40)14-5-19-3-6-20(7-4-19)27-33-17-36(35-27)22-10-8-21(9-11-22)29(30,31)32/h3-4,6-13,15,17H,5,14,16H2,1-2H3. The Hall–Kier alpha value is -4.03. The predicted molar refractivity (Wildman–Crippen MR) is 158 cm³/mol. The molecule has 1 aliphatic heterocycles. The number of aliphatic imine (C=N–C) groups is 1. The summed E-state index contributed by atoms with van der Waals surface area (Å²) in [6, 6.07) is 17.9. The van der Waals surface area contributed by atoms with Crippen molar-refractivity contribution >= 4 is 45.7 Å². The van der Waals surface area contributed by atoms with Gasteiger partial charge in [0, 0.05) is 12.0 Å². The monoisotopic (exact) mass is 595 g/mol. The summed E-state index contributed by atoms with van der Waals surface area (Å²) < 4.78 is 45.2. The Bertz CT molecular complexity index is 1620. The number of thioether (sulfide) groups is 1. The zero-order chi connectivity index (χ0) is 29.1. The average Bonchev–Trinajstić information content (AvgIpc) is 3.59. The number of carbonyl (C=O) groups is 1. The molecule has 0 aliphatic carbocycles. The molecule has 0 unspecified atom stereocenters. The van der Waals surface area contributed by atoms with Crippen LogP contribution in [0, 0.1) is 6.92 Å². The van der Waals surface area contributed by atoms with Gasteiger partial charge in [-0.25, -0.2) is 14.7 Å². The highest BCUT2D eigenvalue weighted by molar-refractivity contribution is 8.15. The van der Waals surface area contributed by atoms with Crippen molar-refractivity contribution < 1.29 is 22.7 Å². The predicted octanol–water partition coefficient (Wildman–Crippen LogP) is 6.67. The number of ether oxygens (including phenoxy) is 1. The van der Waals surface area contributed by atoms with E-state index < -0.39 is 11.7 Å². The second-order valence-corrected chi connectivity index (χ2v) is 10.6. The van der Waals surface area contributed by atoms with Crippen LogP contribution in [0.4, 0.5) is 18.9 Å². The van der Waals surface area contributed by atoms with Gasteiger partial charge in [0.15, 0.2) is 11.0 Å². The molecule has 5 rings (SSSR count). The minimum Gasteiger partial charge on any atom is -0.497 e. The molecule has 12 heteroatoms. The van der Waals surface area contributed by atoms with Crippen LogP contribution in [-0.4, -0.2) is 43.7 Å². The Morgan fingerprint density at radius 3 is 2.49 bits per heavy atom. The van der Waals surface area contributed by atoms with Crippen LogP contribution in [0.5, 0.6) is 5.75 Å². The minimum atomic E-state index is -4.39. The van der Waals surface area contributed by atoms with E-state index in [0.29, 0.717) is 46.0 Å². The van der Waals surface area contributed by atoms with Crippen molar-refractivity contribution in [3.8, 4) is 22.8 Å². The summed E-state index contributed by atoms with van der Waals surface area (Å²) in [7, 11) is 1.60. The van der Waals surface area contributed by atoms with Crippen LogP contribution in [0.25, 0.3) is 17.1 Å². The van der Waals surface area contributed by atoms with Gasteiger partial charge in [-0.15, -0.1) is 5.10 Å². The molecular weight excluding hydrogens is 571 g/mol. The number of hydrogen-bond acceptors (Lipinski definition) is 6. The van der Waals surface area contributed by atoms with Gasteiger partial charge < -0.3 is 4.74 Å². The average molecular weight is 596 g/mol. The van der Waals surface area contributed by atoms with E-state index in [0.717, 1.165) is 34.5 Å². The summed E-state index contributed by atoms with van der Waals surface area (Å²) in [4.78, 5) is 23.6. The third-order valence-corrected chi connectivity index (χ3v) is 7.64. The van der Waals surface area contributed by atoms with Gasteiger partial charge in [-0.2, -0.15) is 13.2 Å². The first-order chi connectivity index (χ1) is 19.6. The minimum absolute atomic E-state index is 0.0465. The summed E-state index contributed by atoms with van der Waals surface area (Å²) in [5.74, 6) is 1.43. The lowest BCUT2D eigenvalue weighted by molar-refractivity contribution is -0.137. The van der Waals surface area contributed by atoms with E-state index in [4.69, 9.17) is 17.0 Å². The maximum Gasteiger partial charge on any atom is 0.416 e. The number of amides is 1. The zero-order valence-corrected chi connectivity index (χ0v) is 23.7. The number of rotatable bonds is 7. The quantitative estimate of drug-likeness (QED) is 0.222. The fourth-order valence-electron chi connectivity index (χ4n) is 4.24. The van der Waals surface area contributed by atoms with E-state index in [1.807, 2.05) is 49.4 Å². The number of amidine groups is 1. The number of thiocarbonyl (C=S) groups is 1. The molecule has 3 aromatic carbocycles. The van der Waals surface area contributed by atoms with Gasteiger partial charge in [-0.3, -0.25) is 9.69 Å². The molecule has 41 heavy (non-hydrogen) atoms. The first-order valence-corrected chi connectivity index (χ1v) is 13.9. The number of halogens is 3. The van der Waals surface area contributed by atoms with Crippen LogP contribution < -0.4 is 9.64 Å². The third kappa shape index (κ3) is 6.49. The largest absolute Gasteiger partial charge is 0.497 e. The molecule has 7 nitrogen and oxygen atoms in total. The highest BCUT2D eigenvalue weighted by atomic mass is 32.2. The number of carbonyl (C=O) groups excluding carboxylic acids is 1. The molecule has 1 amide bonds. The van der Waals surface area contributed by atoms with E-state index in [9.17, 15) is 18.0 Å². The first kappa shape index (κ1) is 28.5. The van der Waals surface area contributed by atoms with Crippen molar-refractivity contribution in [2.24, 2.45) is 4.99 Å². The lowest BCUT2D eigenvalue weighted by Gasteiger charge is -2.19. The van der Waals surface area contributed by atoms with Crippen molar-refractivity contribution in [2.75, 3.05) is 17.8 Å². The highest BCUT2D eigenvalue weighted by Gasteiger charge is 2.31. The Labute approximate surface area is 244 Å². The summed E-state index contributed by atoms with van der Waals surface area (Å²) in [5, 5.41) is 4.97. The molecule has 210 valence electrons. The Morgan fingerprint density at radius 2 is 1.83 bits per heavy atom. The van der Waals surface area contributed by atoms with Gasteiger partial charge in [0.2, 0.25) is 5.91 Å². The summed E-state index contributed by atoms with van der Waals surface area (Å²) in [6.45, 7) is 1.92. The number of anilines is 1. The molecule has 1 aliphatic rings. The number of benzene rings is 3. The molecule has 0 atom stereocenters. The van der Waals surface area contributed by atoms with Crippen LogP contribution in [0.3, 0.4) is 0 Å². The van der Waals surface area contributed by atoms with Gasteiger partial charge >= 0.3 is 6.18 Å². The van der Waals surface area contributed by atoms with Gasteiger partial charge in [0.25, 0.3) is 0 Å². The van der Waals surface area contributed by atoms with E-state index in [1.165, 1.54) is 34.9 Å². The lowest BCUT2D eigenvalue weighted by Crippen LogP contribution is -2.30. The maximum atomic E-state index is 12.8. The summed E-state index contributed by atoms with van der Waals surface area (Å²) in [5.41, 5.74) is 3.23. The summed E-state index contributed by atoms with van der Waals surface area (Å²) in [6.07, 6.45) is -1.74. The number of aromatic nitrogens is 3. The fourth-order valence-corrected chi connectivity index (χ4v) is 5.38. The van der Waals surface area contributed by atoms with Gasteiger partial charge in [0.05, 0.1) is 29.8 Å². The molecule has 1 fully saturated rings. The molecule has 4 aromatic rings. The Balaban J connectivity index is 1.22. The molecule has 0 radical (unpaired) electrons. The second kappa shape index (κ2) is 11.8.